The maximum absolute atomic E-state index is 2.49. The molecule has 0 aromatic carbocycles. The van der Waals surface area contributed by atoms with E-state index in [1.165, 1.54) is 19.3 Å². The predicted molar refractivity (Wildman–Crippen MR) is 89.3 cm³/mol. The topological polar surface area (TPSA) is 0 Å². The Labute approximate surface area is 123 Å². The summed E-state index contributed by atoms with van der Waals surface area (Å²) in [5.74, 6) is 5.99. The standard InChI is InChI=1S/C19H40/c1-10-14(5)16(7)18(9)17(8)15(6)12-19(11-2)13(3)4/h13-19H,10-12H2,1-9H3. The van der Waals surface area contributed by atoms with Gasteiger partial charge in [0.05, 0.1) is 0 Å². The summed E-state index contributed by atoms with van der Waals surface area (Å²) in [4.78, 5) is 0. The molecule has 0 fully saturated rings. The van der Waals surface area contributed by atoms with Gasteiger partial charge in [-0.1, -0.05) is 75.2 Å². The van der Waals surface area contributed by atoms with Crippen LogP contribution in [0.25, 0.3) is 0 Å². The smallest absolute Gasteiger partial charge is 0.0386 e. The Bertz CT molecular complexity index is 218. The molecule has 0 saturated carbocycles. The molecule has 0 bridgehead atoms. The van der Waals surface area contributed by atoms with Crippen LogP contribution in [-0.4, -0.2) is 0 Å². The zero-order valence-electron chi connectivity index (χ0n) is 15.2. The van der Waals surface area contributed by atoms with Gasteiger partial charge in [0, 0.05) is 0 Å². The van der Waals surface area contributed by atoms with Crippen molar-refractivity contribution in [3.8, 4) is 0 Å². The van der Waals surface area contributed by atoms with E-state index in [1.807, 2.05) is 0 Å². The Balaban J connectivity index is 4.50. The van der Waals surface area contributed by atoms with Crippen LogP contribution in [0.2, 0.25) is 0 Å². The van der Waals surface area contributed by atoms with Gasteiger partial charge in [-0.15, -0.1) is 0 Å². The highest BCUT2D eigenvalue weighted by Crippen LogP contribution is 2.36. The summed E-state index contributed by atoms with van der Waals surface area (Å²) in [6.45, 7) is 21.8. The lowest BCUT2D eigenvalue weighted by Gasteiger charge is -2.35. The number of hydrogen-bond acceptors (Lipinski definition) is 0. The van der Waals surface area contributed by atoms with Gasteiger partial charge in [-0.3, -0.25) is 0 Å². The Kier molecular flexibility index (Phi) is 9.03. The van der Waals surface area contributed by atoms with Gasteiger partial charge in [0.2, 0.25) is 0 Å². The van der Waals surface area contributed by atoms with Crippen LogP contribution in [-0.2, 0) is 0 Å². The highest BCUT2D eigenvalue weighted by atomic mass is 14.3. The highest BCUT2D eigenvalue weighted by molar-refractivity contribution is 4.77. The lowest BCUT2D eigenvalue weighted by atomic mass is 9.70. The van der Waals surface area contributed by atoms with Gasteiger partial charge < -0.3 is 0 Å². The van der Waals surface area contributed by atoms with E-state index in [0.717, 1.165) is 41.4 Å². The summed E-state index contributed by atoms with van der Waals surface area (Å²) in [5, 5.41) is 0. The molecule has 0 N–H and O–H groups in total. The quantitative estimate of drug-likeness (QED) is 0.439. The third kappa shape index (κ3) is 5.88. The van der Waals surface area contributed by atoms with Crippen molar-refractivity contribution in [2.45, 2.75) is 81.6 Å². The maximum atomic E-state index is 2.49. The first-order valence-corrected chi connectivity index (χ1v) is 8.76. The minimum absolute atomic E-state index is 0.835. The fourth-order valence-electron chi connectivity index (χ4n) is 3.49. The summed E-state index contributed by atoms with van der Waals surface area (Å²) in [6, 6.07) is 0. The lowest BCUT2D eigenvalue weighted by Crippen LogP contribution is -2.27. The van der Waals surface area contributed by atoms with Gasteiger partial charge >= 0.3 is 0 Å². The van der Waals surface area contributed by atoms with E-state index in [4.69, 9.17) is 0 Å². The first kappa shape index (κ1) is 19.0. The minimum atomic E-state index is 0.835. The molecule has 0 saturated heterocycles. The zero-order valence-corrected chi connectivity index (χ0v) is 15.2. The molecule has 0 aliphatic rings. The Morgan fingerprint density at radius 2 is 1.05 bits per heavy atom. The van der Waals surface area contributed by atoms with Crippen molar-refractivity contribution >= 4 is 0 Å². The molecule has 0 spiro atoms. The van der Waals surface area contributed by atoms with Crippen LogP contribution in [0.5, 0.6) is 0 Å². The fraction of sp³-hybridized carbons (Fsp3) is 1.00. The SMILES string of the molecule is CCC(C)C(C)C(C)C(C)C(C)CC(CC)C(C)C. The summed E-state index contributed by atoms with van der Waals surface area (Å²) < 4.78 is 0. The van der Waals surface area contributed by atoms with E-state index in [9.17, 15) is 0 Å². The molecule has 0 radical (unpaired) electrons. The van der Waals surface area contributed by atoms with Gasteiger partial charge in [-0.25, -0.2) is 0 Å². The summed E-state index contributed by atoms with van der Waals surface area (Å²) >= 11 is 0. The molecule has 0 rings (SSSR count). The van der Waals surface area contributed by atoms with E-state index < -0.39 is 0 Å². The first-order valence-electron chi connectivity index (χ1n) is 8.76. The molecule has 0 heterocycles. The van der Waals surface area contributed by atoms with Crippen LogP contribution in [0.4, 0.5) is 0 Å². The molecule has 19 heavy (non-hydrogen) atoms. The molecular weight excluding hydrogens is 228 g/mol. The molecule has 0 heteroatoms. The van der Waals surface area contributed by atoms with Crippen LogP contribution >= 0.6 is 0 Å². The zero-order chi connectivity index (χ0) is 15.2. The lowest BCUT2D eigenvalue weighted by molar-refractivity contribution is 0.142. The largest absolute Gasteiger partial charge is 0.0651 e. The molecule has 0 aliphatic carbocycles. The summed E-state index contributed by atoms with van der Waals surface area (Å²) in [6.07, 6.45) is 4.06. The van der Waals surface area contributed by atoms with E-state index >= 15 is 0 Å². The van der Waals surface area contributed by atoms with Gasteiger partial charge in [0.25, 0.3) is 0 Å². The summed E-state index contributed by atoms with van der Waals surface area (Å²) in [5.41, 5.74) is 0. The van der Waals surface area contributed by atoms with Crippen molar-refractivity contribution in [2.75, 3.05) is 0 Å². The van der Waals surface area contributed by atoms with E-state index in [1.54, 1.807) is 0 Å². The molecule has 6 atom stereocenters. The van der Waals surface area contributed by atoms with Crippen LogP contribution in [0.15, 0.2) is 0 Å². The Hall–Kier alpha value is 0. The molecular formula is C19H40. The molecule has 0 aromatic heterocycles. The molecule has 0 aromatic rings. The Morgan fingerprint density at radius 3 is 1.42 bits per heavy atom. The van der Waals surface area contributed by atoms with E-state index in [-0.39, 0.29) is 0 Å². The van der Waals surface area contributed by atoms with Crippen LogP contribution in [0.3, 0.4) is 0 Å². The van der Waals surface area contributed by atoms with Gasteiger partial charge in [-0.2, -0.15) is 0 Å². The van der Waals surface area contributed by atoms with Gasteiger partial charge in [0.1, 0.15) is 0 Å². The second kappa shape index (κ2) is 9.03. The maximum Gasteiger partial charge on any atom is -0.0386 e. The van der Waals surface area contributed by atoms with Gasteiger partial charge in [0.15, 0.2) is 0 Å². The minimum Gasteiger partial charge on any atom is -0.0651 e. The van der Waals surface area contributed by atoms with Crippen molar-refractivity contribution in [1.82, 2.24) is 0 Å². The van der Waals surface area contributed by atoms with Crippen molar-refractivity contribution in [3.63, 3.8) is 0 Å². The summed E-state index contributed by atoms with van der Waals surface area (Å²) in [7, 11) is 0. The first-order chi connectivity index (χ1) is 8.76. The average Bonchev–Trinajstić information content (AvgIpc) is 2.40. The number of hydrogen-bond donors (Lipinski definition) is 0. The van der Waals surface area contributed by atoms with Crippen LogP contribution in [0, 0.1) is 41.4 Å². The molecule has 6 unspecified atom stereocenters. The van der Waals surface area contributed by atoms with Crippen LogP contribution in [0.1, 0.15) is 81.6 Å². The second-order valence-corrected chi connectivity index (χ2v) is 7.59. The fourth-order valence-corrected chi connectivity index (χ4v) is 3.49. The Morgan fingerprint density at radius 1 is 0.579 bits per heavy atom. The monoisotopic (exact) mass is 268 g/mol. The third-order valence-electron chi connectivity index (χ3n) is 6.24. The van der Waals surface area contributed by atoms with Crippen molar-refractivity contribution in [3.05, 3.63) is 0 Å². The van der Waals surface area contributed by atoms with E-state index in [0.29, 0.717) is 0 Å². The normalized spacial score (nSPS) is 21.8. The highest BCUT2D eigenvalue weighted by Gasteiger charge is 2.28. The van der Waals surface area contributed by atoms with Crippen LogP contribution < -0.4 is 0 Å². The molecule has 0 amide bonds. The number of rotatable bonds is 9. The third-order valence-corrected chi connectivity index (χ3v) is 6.24. The average molecular weight is 269 g/mol. The molecule has 0 aliphatic heterocycles. The van der Waals surface area contributed by atoms with Crippen molar-refractivity contribution < 1.29 is 0 Å². The predicted octanol–water partition coefficient (Wildman–Crippen LogP) is 6.65. The van der Waals surface area contributed by atoms with Gasteiger partial charge in [-0.05, 0) is 47.8 Å². The van der Waals surface area contributed by atoms with Crippen molar-refractivity contribution in [1.29, 1.82) is 0 Å². The molecule has 0 nitrogen and oxygen atoms in total. The van der Waals surface area contributed by atoms with Crippen molar-refractivity contribution in [2.24, 2.45) is 41.4 Å². The van der Waals surface area contributed by atoms with E-state index in [2.05, 4.69) is 62.3 Å². The second-order valence-electron chi connectivity index (χ2n) is 7.59. The molecule has 116 valence electrons.